The first-order valence-electron chi connectivity index (χ1n) is 3.65. The molecule has 0 radical (unpaired) electrons. The largest absolute Gasteiger partial charge is 0.238 e. The van der Waals surface area contributed by atoms with Gasteiger partial charge in [-0.15, -0.1) is 0 Å². The van der Waals surface area contributed by atoms with Crippen molar-refractivity contribution in [2.45, 2.75) is 19.8 Å². The molecule has 0 N–H and O–H groups in total. The molecule has 12 heavy (non-hydrogen) atoms. The minimum absolute atomic E-state index is 0.324. The molecule has 1 aromatic rings. The predicted octanol–water partition coefficient (Wildman–Crippen LogP) is 3.99. The van der Waals surface area contributed by atoms with Gasteiger partial charge in [-0.25, -0.2) is 4.98 Å². The zero-order valence-corrected chi connectivity index (χ0v) is 8.84. The van der Waals surface area contributed by atoms with Crippen LogP contribution >= 0.6 is 34.8 Å². The Hall–Kier alpha value is 0.0200. The summed E-state index contributed by atoms with van der Waals surface area (Å²) in [6.07, 6.45) is 1.82. The van der Waals surface area contributed by atoms with E-state index in [9.17, 15) is 0 Å². The maximum absolute atomic E-state index is 5.87. The molecule has 0 fully saturated rings. The summed E-state index contributed by atoms with van der Waals surface area (Å²) in [5.74, 6) is 0. The Bertz CT molecular complexity index is 286. The van der Waals surface area contributed by atoms with Crippen LogP contribution in [-0.2, 0) is 6.42 Å². The van der Waals surface area contributed by atoms with Gasteiger partial charge in [-0.2, -0.15) is 0 Å². The van der Waals surface area contributed by atoms with Gasteiger partial charge in [0.2, 0.25) is 0 Å². The van der Waals surface area contributed by atoms with Crippen LogP contribution < -0.4 is 0 Å². The Labute approximate surface area is 86.7 Å². The van der Waals surface area contributed by atoms with E-state index in [-0.39, 0.29) is 0 Å². The highest BCUT2D eigenvalue weighted by molar-refractivity contribution is 6.42. The molecule has 1 rings (SSSR count). The first-order chi connectivity index (χ1) is 5.65. The summed E-state index contributed by atoms with van der Waals surface area (Å²) in [6.45, 7) is 2.06. The molecular weight excluding hydrogens is 216 g/mol. The summed E-state index contributed by atoms with van der Waals surface area (Å²) < 4.78 is 0. The van der Waals surface area contributed by atoms with Crippen molar-refractivity contribution in [3.63, 3.8) is 0 Å². The Balaban J connectivity index is 3.05. The van der Waals surface area contributed by atoms with Crippen molar-refractivity contribution in [1.82, 2.24) is 4.98 Å². The van der Waals surface area contributed by atoms with E-state index in [1.54, 1.807) is 6.07 Å². The second-order valence-electron chi connectivity index (χ2n) is 2.44. The van der Waals surface area contributed by atoms with Crippen molar-refractivity contribution < 1.29 is 0 Å². The zero-order valence-electron chi connectivity index (χ0n) is 6.57. The molecule has 66 valence electrons. The number of hydrogen-bond acceptors (Lipinski definition) is 1. The van der Waals surface area contributed by atoms with Crippen LogP contribution in [0.25, 0.3) is 0 Å². The fourth-order valence-electron chi connectivity index (χ4n) is 0.892. The van der Waals surface area contributed by atoms with E-state index in [0.29, 0.717) is 15.2 Å². The number of aromatic nitrogens is 1. The summed E-state index contributed by atoms with van der Waals surface area (Å²) >= 11 is 17.3. The van der Waals surface area contributed by atoms with Crippen molar-refractivity contribution >= 4 is 34.8 Å². The van der Waals surface area contributed by atoms with E-state index >= 15 is 0 Å². The fraction of sp³-hybridized carbons (Fsp3) is 0.375. The number of halogens is 3. The first kappa shape index (κ1) is 10.1. The van der Waals surface area contributed by atoms with Gasteiger partial charge in [-0.3, -0.25) is 0 Å². The Morgan fingerprint density at radius 2 is 1.92 bits per heavy atom. The van der Waals surface area contributed by atoms with E-state index < -0.39 is 0 Å². The summed E-state index contributed by atoms with van der Waals surface area (Å²) in [6, 6.07) is 1.63. The van der Waals surface area contributed by atoms with Crippen LogP contribution in [0, 0.1) is 0 Å². The van der Waals surface area contributed by atoms with Crippen LogP contribution in [0.1, 0.15) is 19.0 Å². The number of aryl methyl sites for hydroxylation is 1. The quantitative estimate of drug-likeness (QED) is 0.692. The summed E-state index contributed by atoms with van der Waals surface area (Å²) in [5.41, 5.74) is 0.813. The van der Waals surface area contributed by atoms with Crippen molar-refractivity contribution in [3.8, 4) is 0 Å². The van der Waals surface area contributed by atoms with E-state index in [2.05, 4.69) is 11.9 Å². The lowest BCUT2D eigenvalue weighted by Gasteiger charge is -2.02. The molecule has 0 saturated carbocycles. The van der Waals surface area contributed by atoms with Gasteiger partial charge in [-0.1, -0.05) is 48.1 Å². The summed E-state index contributed by atoms with van der Waals surface area (Å²) in [4.78, 5) is 4.06. The first-order valence-corrected chi connectivity index (χ1v) is 4.79. The summed E-state index contributed by atoms with van der Waals surface area (Å²) in [7, 11) is 0. The molecule has 0 atom stereocenters. The highest BCUT2D eigenvalue weighted by Gasteiger charge is 2.06. The molecule has 0 aliphatic rings. The third kappa shape index (κ3) is 2.25. The number of nitrogens with zero attached hydrogens (tertiary/aromatic N) is 1. The molecular formula is C8H8Cl3N. The Morgan fingerprint density at radius 3 is 2.50 bits per heavy atom. The molecule has 0 spiro atoms. The van der Waals surface area contributed by atoms with Crippen molar-refractivity contribution in [2.24, 2.45) is 0 Å². The maximum Gasteiger partial charge on any atom is 0.148 e. The SMILES string of the molecule is CCCc1nc(Cl)c(Cl)cc1Cl. The van der Waals surface area contributed by atoms with Crippen molar-refractivity contribution in [1.29, 1.82) is 0 Å². The van der Waals surface area contributed by atoms with E-state index in [4.69, 9.17) is 34.8 Å². The molecule has 0 saturated heterocycles. The Kier molecular flexibility index (Phi) is 3.63. The zero-order chi connectivity index (χ0) is 9.14. The highest BCUT2D eigenvalue weighted by Crippen LogP contribution is 2.26. The molecule has 1 nitrogen and oxygen atoms in total. The van der Waals surface area contributed by atoms with Crippen LogP contribution in [0.2, 0.25) is 15.2 Å². The normalized spacial score (nSPS) is 10.3. The van der Waals surface area contributed by atoms with Crippen LogP contribution in [0.15, 0.2) is 6.07 Å². The molecule has 1 heterocycles. The lowest BCUT2D eigenvalue weighted by Crippen LogP contribution is -1.91. The van der Waals surface area contributed by atoms with Gasteiger partial charge in [0, 0.05) is 0 Å². The minimum atomic E-state index is 0.324. The maximum atomic E-state index is 5.87. The molecule has 0 aliphatic heterocycles. The van der Waals surface area contributed by atoms with Crippen molar-refractivity contribution in [3.05, 3.63) is 27.0 Å². The van der Waals surface area contributed by atoms with Crippen LogP contribution in [0.4, 0.5) is 0 Å². The van der Waals surface area contributed by atoms with Gasteiger partial charge in [0.25, 0.3) is 0 Å². The number of hydrogen-bond donors (Lipinski definition) is 0. The van der Waals surface area contributed by atoms with Crippen LogP contribution in [-0.4, -0.2) is 4.98 Å². The lowest BCUT2D eigenvalue weighted by atomic mass is 10.2. The van der Waals surface area contributed by atoms with E-state index in [1.807, 2.05) is 0 Å². The topological polar surface area (TPSA) is 12.9 Å². The molecule has 0 aromatic carbocycles. The minimum Gasteiger partial charge on any atom is -0.238 e. The van der Waals surface area contributed by atoms with Crippen LogP contribution in [0.3, 0.4) is 0 Å². The number of rotatable bonds is 2. The van der Waals surface area contributed by atoms with E-state index in [0.717, 1.165) is 18.5 Å². The second-order valence-corrected chi connectivity index (χ2v) is 3.61. The van der Waals surface area contributed by atoms with Gasteiger partial charge in [0.15, 0.2) is 0 Å². The highest BCUT2D eigenvalue weighted by atomic mass is 35.5. The van der Waals surface area contributed by atoms with Gasteiger partial charge in [0.05, 0.1) is 15.7 Å². The third-order valence-electron chi connectivity index (χ3n) is 1.45. The molecule has 0 aliphatic carbocycles. The third-order valence-corrected chi connectivity index (χ3v) is 2.45. The average molecular weight is 225 g/mol. The fourth-order valence-corrected chi connectivity index (χ4v) is 1.50. The summed E-state index contributed by atoms with van der Waals surface area (Å²) in [5, 5.41) is 1.32. The second kappa shape index (κ2) is 4.31. The molecule has 1 aromatic heterocycles. The molecule has 0 amide bonds. The molecule has 4 heteroatoms. The lowest BCUT2D eigenvalue weighted by molar-refractivity contribution is 0.883. The van der Waals surface area contributed by atoms with Gasteiger partial charge < -0.3 is 0 Å². The van der Waals surface area contributed by atoms with Gasteiger partial charge in [-0.05, 0) is 12.5 Å². The van der Waals surface area contributed by atoms with Crippen molar-refractivity contribution in [2.75, 3.05) is 0 Å². The monoisotopic (exact) mass is 223 g/mol. The molecule has 0 bridgehead atoms. The molecule has 0 unspecified atom stereocenters. The average Bonchev–Trinajstić information content (AvgIpc) is 2.01. The smallest absolute Gasteiger partial charge is 0.148 e. The van der Waals surface area contributed by atoms with Gasteiger partial charge >= 0.3 is 0 Å². The van der Waals surface area contributed by atoms with E-state index in [1.165, 1.54) is 0 Å². The standard InChI is InChI=1S/C8H8Cl3N/c1-2-3-7-5(9)4-6(10)8(11)12-7/h4H,2-3H2,1H3. The number of pyridine rings is 1. The van der Waals surface area contributed by atoms with Crippen LogP contribution in [0.5, 0.6) is 0 Å². The predicted molar refractivity (Wildman–Crippen MR) is 53.3 cm³/mol. The Morgan fingerprint density at radius 1 is 1.25 bits per heavy atom. The van der Waals surface area contributed by atoms with Gasteiger partial charge in [0.1, 0.15) is 5.15 Å².